The molecule has 8 rings (SSSR count). The molecular weight excluding hydrogens is 757 g/mol. The summed E-state index contributed by atoms with van der Waals surface area (Å²) in [7, 11) is -1.45. The minimum Gasteiger partial charge on any atom is -0.378 e. The molecule has 0 radical (unpaired) electrons. The Morgan fingerprint density at radius 3 is 2.36 bits per heavy atom. The molecule has 2 aromatic heterocycles. The molecule has 4 aliphatic carbocycles. The lowest BCUT2D eigenvalue weighted by Gasteiger charge is -2.60. The third kappa shape index (κ3) is 8.35. The molecule has 4 fully saturated rings. The first-order chi connectivity index (χ1) is 28.4. The number of ether oxygens (including phenoxy) is 1. The van der Waals surface area contributed by atoms with E-state index in [0.29, 0.717) is 45.3 Å². The number of carbonyl (C=O) groups is 1. The van der Waals surface area contributed by atoms with Gasteiger partial charge in [-0.1, -0.05) is 68.2 Å². The van der Waals surface area contributed by atoms with Crippen LogP contribution >= 0.6 is 0 Å². The first kappa shape index (κ1) is 42.0. The Hall–Kier alpha value is -3.73. The molecule has 9 nitrogen and oxygen atoms in total. The largest absolute Gasteiger partial charge is 0.378 e. The van der Waals surface area contributed by atoms with Crippen molar-refractivity contribution in [1.29, 1.82) is 0 Å². The van der Waals surface area contributed by atoms with Crippen LogP contribution in [-0.4, -0.2) is 54.3 Å². The Bertz CT molecular complexity index is 2200. The topological polar surface area (TPSA) is 124 Å². The fraction of sp³-hybridized carbons (Fsp3) is 0.592. The molecule has 0 aliphatic heterocycles. The van der Waals surface area contributed by atoms with Gasteiger partial charge in [-0.05, 0) is 137 Å². The van der Waals surface area contributed by atoms with Crippen LogP contribution in [0.1, 0.15) is 122 Å². The van der Waals surface area contributed by atoms with E-state index in [1.54, 1.807) is 44.3 Å². The molecule has 7 atom stereocenters. The number of benzene rings is 2. The molecule has 4 aliphatic rings. The number of carbonyl (C=O) groups excluding carboxylic acids is 1. The Labute approximate surface area is 351 Å². The molecule has 316 valence electrons. The normalized spacial score (nSPS) is 28.0. The number of hydrogen-bond acceptors (Lipinski definition) is 9. The van der Waals surface area contributed by atoms with Crippen molar-refractivity contribution >= 4 is 15.6 Å². The molecule has 2 aromatic carbocycles. The molecule has 4 saturated carbocycles. The van der Waals surface area contributed by atoms with Gasteiger partial charge in [0, 0.05) is 43.2 Å². The maximum absolute atomic E-state index is 12.8. The zero-order chi connectivity index (χ0) is 41.4. The summed E-state index contributed by atoms with van der Waals surface area (Å²) >= 11 is 0. The van der Waals surface area contributed by atoms with Crippen molar-refractivity contribution in [3.05, 3.63) is 72.1 Å². The van der Waals surface area contributed by atoms with Gasteiger partial charge in [-0.25, -0.2) is 13.4 Å². The van der Waals surface area contributed by atoms with Crippen LogP contribution < -0.4 is 5.32 Å². The van der Waals surface area contributed by atoms with Crippen molar-refractivity contribution in [3.8, 4) is 34.0 Å². The van der Waals surface area contributed by atoms with Gasteiger partial charge in [0.05, 0.1) is 33.8 Å². The zero-order valence-electron chi connectivity index (χ0n) is 35.8. The van der Waals surface area contributed by atoms with Gasteiger partial charge in [0.15, 0.2) is 15.6 Å². The summed E-state index contributed by atoms with van der Waals surface area (Å²) in [5, 5.41) is 7.11. The summed E-state index contributed by atoms with van der Waals surface area (Å²) in [6.45, 7) is 10.1. The minimum atomic E-state index is -3.38. The van der Waals surface area contributed by atoms with Gasteiger partial charge < -0.3 is 14.6 Å². The highest BCUT2D eigenvalue weighted by atomic mass is 32.2. The van der Waals surface area contributed by atoms with Crippen LogP contribution in [0.15, 0.2) is 70.2 Å². The average Bonchev–Trinajstić information content (AvgIpc) is 3.86. The van der Waals surface area contributed by atoms with E-state index < -0.39 is 15.1 Å². The number of nitrogens with zero attached hydrogens (tertiary/aromatic N) is 3. The van der Waals surface area contributed by atoms with Gasteiger partial charge >= 0.3 is 0 Å². The first-order valence-corrected chi connectivity index (χ1v) is 24.0. The Balaban J connectivity index is 0.888. The number of ketones is 1. The van der Waals surface area contributed by atoms with E-state index in [1.165, 1.54) is 44.1 Å². The van der Waals surface area contributed by atoms with Crippen LogP contribution in [0.2, 0.25) is 0 Å². The van der Waals surface area contributed by atoms with Crippen molar-refractivity contribution in [3.63, 3.8) is 0 Å². The molecule has 0 amide bonds. The molecule has 10 heteroatoms. The summed E-state index contributed by atoms with van der Waals surface area (Å²) in [4.78, 5) is 22.6. The molecule has 0 saturated heterocycles. The number of hydrogen-bond donors (Lipinski definition) is 1. The van der Waals surface area contributed by atoms with Gasteiger partial charge in [0.1, 0.15) is 17.2 Å². The molecule has 0 bridgehead atoms. The Kier molecular flexibility index (Phi) is 12.3. The number of sulfone groups is 1. The number of fused-ring (bicyclic) bond motifs is 5. The van der Waals surface area contributed by atoms with Crippen LogP contribution in [0, 0.1) is 34.5 Å². The number of aromatic nitrogens is 3. The summed E-state index contributed by atoms with van der Waals surface area (Å²) in [6, 6.07) is 17.1. The summed E-state index contributed by atoms with van der Waals surface area (Å²) < 4.78 is 38.3. The van der Waals surface area contributed by atoms with Gasteiger partial charge in [0.2, 0.25) is 0 Å². The average molecular weight is 821 g/mol. The van der Waals surface area contributed by atoms with E-state index in [-0.39, 0.29) is 5.41 Å². The van der Waals surface area contributed by atoms with E-state index in [4.69, 9.17) is 19.2 Å². The smallest absolute Gasteiger partial charge is 0.187 e. The summed E-state index contributed by atoms with van der Waals surface area (Å²) in [5.41, 5.74) is 6.47. The molecular formula is C49H64N4O5S. The van der Waals surface area contributed by atoms with Gasteiger partial charge in [0.25, 0.3) is 0 Å². The number of Topliss-reactive ketones (excluding diaryl/α,β-unsaturated/α-hetero) is 1. The van der Waals surface area contributed by atoms with Crippen molar-refractivity contribution in [1.82, 2.24) is 20.4 Å². The molecule has 0 unspecified atom stereocenters. The van der Waals surface area contributed by atoms with Crippen molar-refractivity contribution < 1.29 is 22.5 Å². The third-order valence-corrected chi connectivity index (χ3v) is 17.5. The first-order valence-electron chi connectivity index (χ1n) is 22.5. The maximum atomic E-state index is 12.8. The van der Waals surface area contributed by atoms with Crippen molar-refractivity contribution in [2.45, 2.75) is 140 Å². The zero-order valence-corrected chi connectivity index (χ0v) is 36.7. The van der Waals surface area contributed by atoms with E-state index in [9.17, 15) is 13.2 Å². The van der Waals surface area contributed by atoms with E-state index >= 15 is 0 Å². The van der Waals surface area contributed by atoms with Gasteiger partial charge in [-0.15, -0.1) is 0 Å². The quantitative estimate of drug-likeness (QED) is 0.117. The maximum Gasteiger partial charge on any atom is 0.187 e. The molecule has 4 aromatic rings. The van der Waals surface area contributed by atoms with Crippen LogP contribution in [0.4, 0.5) is 0 Å². The highest BCUT2D eigenvalue weighted by molar-refractivity contribution is 7.92. The van der Waals surface area contributed by atoms with Crippen LogP contribution in [0.5, 0.6) is 0 Å². The second kappa shape index (κ2) is 17.3. The van der Waals surface area contributed by atoms with Gasteiger partial charge in [-0.2, -0.15) is 0 Å². The van der Waals surface area contributed by atoms with Gasteiger partial charge in [-0.3, -0.25) is 9.78 Å². The third-order valence-electron chi connectivity index (χ3n) is 15.3. The molecule has 0 spiro atoms. The highest BCUT2D eigenvalue weighted by Crippen LogP contribution is 2.66. The second-order valence-corrected chi connectivity index (χ2v) is 21.5. The second-order valence-electron chi connectivity index (χ2n) is 19.0. The van der Waals surface area contributed by atoms with E-state index in [0.717, 1.165) is 105 Å². The molecule has 2 heterocycles. The Morgan fingerprint density at radius 2 is 1.59 bits per heavy atom. The monoisotopic (exact) mass is 820 g/mol. The fourth-order valence-corrected chi connectivity index (χ4v) is 12.8. The lowest BCUT2D eigenvalue weighted by Crippen LogP contribution is -2.54. The van der Waals surface area contributed by atoms with Crippen molar-refractivity contribution in [2.24, 2.45) is 34.5 Å². The summed E-state index contributed by atoms with van der Waals surface area (Å²) in [6.07, 6.45) is 17.4. The van der Waals surface area contributed by atoms with Crippen LogP contribution in [-0.2, 0) is 32.3 Å². The number of unbranched alkanes of at least 4 members (excludes halogenated alkanes) is 3. The predicted molar refractivity (Wildman–Crippen MR) is 232 cm³/mol. The number of aryl methyl sites for hydroxylation is 1. The molecule has 1 N–H and O–H groups in total. The van der Waals surface area contributed by atoms with Crippen molar-refractivity contribution in [2.75, 3.05) is 13.7 Å². The SMILES string of the molecule is CNCc1ccc(-c2cc(-c3nc(-c4ccc(S(=O)(=O)C(C)C)cc4)cnc3CCCCCCO[C@H]3CC[C@H]4[C@@H]5CC[C@H]6CC(=O)CC[C@]6(C)[C@H]5CC[C@]34C)on2)cc1. The van der Waals surface area contributed by atoms with E-state index in [2.05, 4.69) is 48.6 Å². The minimum absolute atomic E-state index is 0.278. The van der Waals surface area contributed by atoms with Crippen LogP contribution in [0.3, 0.4) is 0 Å². The molecule has 59 heavy (non-hydrogen) atoms. The standard InChI is InChI=1S/C49H64N4O5S/c1-32(2)59(55,56)38-18-15-35(16-19-38)44-31-51-42(47(52-44)45-29-43(53-58-45)34-13-11-33(12-14-34)30-50-5)10-8-6-7-9-27-57-46-22-21-40-39-20-17-36-28-37(54)23-25-48(36,3)41(39)24-26-49(40,46)4/h11-16,18-19,29,31-32,36,39-41,46,50H,6-10,17,20-28,30H2,1-5H3/t36-,39-,40-,41-,46-,48-,49-/m0/s1. The lowest BCUT2D eigenvalue weighted by molar-refractivity contribution is -0.145. The summed E-state index contributed by atoms with van der Waals surface area (Å²) in [5.74, 6) is 4.00. The van der Waals surface area contributed by atoms with Crippen LogP contribution in [0.25, 0.3) is 34.0 Å². The highest BCUT2D eigenvalue weighted by Gasteiger charge is 2.60. The fourth-order valence-electron chi connectivity index (χ4n) is 11.8. The number of rotatable bonds is 15. The lowest BCUT2D eigenvalue weighted by atomic mass is 9.45. The van der Waals surface area contributed by atoms with E-state index in [1.807, 2.05) is 13.1 Å². The predicted octanol–water partition coefficient (Wildman–Crippen LogP) is 10.5. The number of nitrogens with one attached hydrogen (secondary N) is 1. The Morgan fingerprint density at radius 1 is 0.864 bits per heavy atom.